The van der Waals surface area contributed by atoms with Crippen LogP contribution in [0.2, 0.25) is 0 Å². The molecule has 1 unspecified atom stereocenters. The van der Waals surface area contributed by atoms with Crippen LogP contribution >= 0.6 is 0 Å². The van der Waals surface area contributed by atoms with Crippen LogP contribution in [0.5, 0.6) is 0 Å². The number of carbonyl (C=O) groups excluding carboxylic acids is 2. The van der Waals surface area contributed by atoms with Gasteiger partial charge in [0.05, 0.1) is 12.5 Å². The number of nitrogens with one attached hydrogen (secondary N) is 2. The molecule has 26 heavy (non-hydrogen) atoms. The van der Waals surface area contributed by atoms with Crippen molar-refractivity contribution in [3.8, 4) is 0 Å². The van der Waals surface area contributed by atoms with Gasteiger partial charge in [0.2, 0.25) is 11.8 Å². The second kappa shape index (κ2) is 5.73. The third-order valence-electron chi connectivity index (χ3n) is 5.49. The zero-order valence-corrected chi connectivity index (χ0v) is 14.3. The van der Waals surface area contributed by atoms with Crippen molar-refractivity contribution in [2.24, 2.45) is 0 Å². The standard InChI is InChI=1S/C21H19N3O2/c25-20-11-16(14-6-2-4-8-18(14)23-20)21(26)24-10-9-15-13-5-1-3-7-17(13)22-19(15)12-24/h1-8,16,22H,9-12H2,(H,23,25). The molecule has 0 radical (unpaired) electrons. The maximum absolute atomic E-state index is 13.2. The summed E-state index contributed by atoms with van der Waals surface area (Å²) in [5, 5.41) is 4.11. The van der Waals surface area contributed by atoms with E-state index in [0.717, 1.165) is 28.9 Å². The summed E-state index contributed by atoms with van der Waals surface area (Å²) in [6, 6.07) is 15.9. The summed E-state index contributed by atoms with van der Waals surface area (Å²) in [4.78, 5) is 30.6. The Kier molecular flexibility index (Phi) is 3.35. The van der Waals surface area contributed by atoms with Gasteiger partial charge in [-0.15, -0.1) is 0 Å². The molecule has 0 aliphatic carbocycles. The van der Waals surface area contributed by atoms with E-state index in [1.54, 1.807) is 0 Å². The fourth-order valence-electron chi connectivity index (χ4n) is 4.23. The van der Waals surface area contributed by atoms with Crippen LogP contribution in [-0.2, 0) is 22.6 Å². The molecule has 3 aromatic rings. The average molecular weight is 345 g/mol. The lowest BCUT2D eigenvalue weighted by atomic mass is 9.88. The highest BCUT2D eigenvalue weighted by Crippen LogP contribution is 2.35. The molecule has 1 aromatic heterocycles. The van der Waals surface area contributed by atoms with E-state index in [1.807, 2.05) is 41.3 Å². The molecule has 0 saturated carbocycles. The smallest absolute Gasteiger partial charge is 0.231 e. The SMILES string of the molecule is O=C1CC(C(=O)N2CCc3c([nH]c4ccccc34)C2)c2ccccc2N1. The van der Waals surface area contributed by atoms with Crippen LogP contribution in [0.1, 0.15) is 29.2 Å². The first-order valence-corrected chi connectivity index (χ1v) is 8.97. The number of carbonyl (C=O) groups is 2. The lowest BCUT2D eigenvalue weighted by Crippen LogP contribution is -2.41. The van der Waals surface area contributed by atoms with Crippen molar-refractivity contribution in [2.75, 3.05) is 11.9 Å². The molecule has 0 bridgehead atoms. The Balaban J connectivity index is 1.46. The van der Waals surface area contributed by atoms with Crippen molar-refractivity contribution < 1.29 is 9.59 Å². The van der Waals surface area contributed by atoms with E-state index in [1.165, 1.54) is 10.9 Å². The Bertz CT molecular complexity index is 1040. The fourth-order valence-corrected chi connectivity index (χ4v) is 4.23. The summed E-state index contributed by atoms with van der Waals surface area (Å²) in [7, 11) is 0. The highest BCUT2D eigenvalue weighted by Gasteiger charge is 2.35. The largest absolute Gasteiger partial charge is 0.357 e. The Morgan fingerprint density at radius 2 is 1.88 bits per heavy atom. The zero-order chi connectivity index (χ0) is 17.7. The number of para-hydroxylation sites is 2. The van der Waals surface area contributed by atoms with Gasteiger partial charge in [-0.3, -0.25) is 9.59 Å². The maximum atomic E-state index is 13.2. The van der Waals surface area contributed by atoms with Crippen LogP contribution in [0.25, 0.3) is 10.9 Å². The minimum absolute atomic E-state index is 0.0385. The fraction of sp³-hybridized carbons (Fsp3) is 0.238. The molecule has 2 aromatic carbocycles. The van der Waals surface area contributed by atoms with Gasteiger partial charge in [-0.1, -0.05) is 36.4 Å². The van der Waals surface area contributed by atoms with Crippen LogP contribution in [0.3, 0.4) is 0 Å². The number of fused-ring (bicyclic) bond motifs is 4. The third-order valence-corrected chi connectivity index (χ3v) is 5.49. The summed E-state index contributed by atoms with van der Waals surface area (Å²) >= 11 is 0. The second-order valence-corrected chi connectivity index (χ2v) is 7.03. The monoisotopic (exact) mass is 345 g/mol. The predicted octanol–water partition coefficient (Wildman–Crippen LogP) is 3.18. The third kappa shape index (κ3) is 2.31. The number of nitrogens with zero attached hydrogens (tertiary/aromatic N) is 1. The summed E-state index contributed by atoms with van der Waals surface area (Å²) in [5.74, 6) is -0.451. The van der Waals surface area contributed by atoms with E-state index in [9.17, 15) is 9.59 Å². The van der Waals surface area contributed by atoms with Gasteiger partial charge in [-0.25, -0.2) is 0 Å². The molecule has 5 rings (SSSR count). The Hall–Kier alpha value is -3.08. The van der Waals surface area contributed by atoms with Gasteiger partial charge < -0.3 is 15.2 Å². The first-order chi connectivity index (χ1) is 12.7. The van der Waals surface area contributed by atoms with Gasteiger partial charge in [-0.2, -0.15) is 0 Å². The van der Waals surface area contributed by atoms with Crippen molar-refractivity contribution >= 4 is 28.4 Å². The molecule has 0 saturated heterocycles. The molecule has 1 atom stereocenters. The quantitative estimate of drug-likeness (QED) is 0.711. The number of aromatic nitrogens is 1. The molecule has 2 amide bonds. The van der Waals surface area contributed by atoms with Crippen LogP contribution in [-0.4, -0.2) is 28.2 Å². The van der Waals surface area contributed by atoms with Crippen LogP contribution in [0, 0.1) is 0 Å². The summed E-state index contributed by atoms with van der Waals surface area (Å²) in [5.41, 5.74) is 5.21. The molecular weight excluding hydrogens is 326 g/mol. The maximum Gasteiger partial charge on any atom is 0.231 e. The molecule has 2 N–H and O–H groups in total. The van der Waals surface area contributed by atoms with Crippen molar-refractivity contribution in [3.05, 3.63) is 65.4 Å². The molecule has 0 fully saturated rings. The average Bonchev–Trinajstić information content (AvgIpc) is 3.04. The molecule has 0 spiro atoms. The first kappa shape index (κ1) is 15.2. The highest BCUT2D eigenvalue weighted by molar-refractivity contribution is 6.01. The second-order valence-electron chi connectivity index (χ2n) is 7.03. The normalized spacial score (nSPS) is 19.0. The number of amides is 2. The molecule has 2 aliphatic rings. The summed E-state index contributed by atoms with van der Waals surface area (Å²) in [6.45, 7) is 1.26. The van der Waals surface area contributed by atoms with E-state index < -0.39 is 5.92 Å². The number of hydrogen-bond donors (Lipinski definition) is 2. The molecule has 2 aliphatic heterocycles. The predicted molar refractivity (Wildman–Crippen MR) is 99.8 cm³/mol. The lowest BCUT2D eigenvalue weighted by Gasteiger charge is -2.33. The van der Waals surface area contributed by atoms with Gasteiger partial charge in [-0.05, 0) is 29.7 Å². The zero-order valence-electron chi connectivity index (χ0n) is 14.3. The Labute approximate surface area is 151 Å². The molecule has 3 heterocycles. The number of benzene rings is 2. The molecular formula is C21H19N3O2. The van der Waals surface area contributed by atoms with E-state index in [-0.39, 0.29) is 18.2 Å². The van der Waals surface area contributed by atoms with Gasteiger partial charge >= 0.3 is 0 Å². The Morgan fingerprint density at radius 1 is 1.08 bits per heavy atom. The number of anilines is 1. The van der Waals surface area contributed by atoms with Crippen LogP contribution in [0.15, 0.2) is 48.5 Å². The first-order valence-electron chi connectivity index (χ1n) is 8.97. The number of aromatic amines is 1. The Morgan fingerprint density at radius 3 is 2.81 bits per heavy atom. The van der Waals surface area contributed by atoms with E-state index in [4.69, 9.17) is 0 Å². The van der Waals surface area contributed by atoms with E-state index in [0.29, 0.717) is 13.1 Å². The lowest BCUT2D eigenvalue weighted by molar-refractivity contribution is -0.135. The number of rotatable bonds is 1. The van der Waals surface area contributed by atoms with E-state index in [2.05, 4.69) is 22.4 Å². The van der Waals surface area contributed by atoms with Gasteiger partial charge in [0.15, 0.2) is 0 Å². The van der Waals surface area contributed by atoms with Gasteiger partial charge in [0.25, 0.3) is 0 Å². The van der Waals surface area contributed by atoms with Crippen molar-refractivity contribution in [2.45, 2.75) is 25.3 Å². The highest BCUT2D eigenvalue weighted by atomic mass is 16.2. The van der Waals surface area contributed by atoms with Crippen LogP contribution in [0.4, 0.5) is 5.69 Å². The van der Waals surface area contributed by atoms with Gasteiger partial charge in [0.1, 0.15) is 0 Å². The number of H-pyrrole nitrogens is 1. The van der Waals surface area contributed by atoms with Crippen LogP contribution < -0.4 is 5.32 Å². The van der Waals surface area contributed by atoms with Gasteiger partial charge in [0, 0.05) is 35.2 Å². The topological polar surface area (TPSA) is 65.2 Å². The number of hydrogen-bond acceptors (Lipinski definition) is 2. The summed E-state index contributed by atoms with van der Waals surface area (Å²) in [6.07, 6.45) is 1.05. The van der Waals surface area contributed by atoms with E-state index >= 15 is 0 Å². The van der Waals surface area contributed by atoms with Crippen molar-refractivity contribution in [1.82, 2.24) is 9.88 Å². The minimum Gasteiger partial charge on any atom is -0.357 e. The molecule has 5 heteroatoms. The summed E-state index contributed by atoms with van der Waals surface area (Å²) < 4.78 is 0. The van der Waals surface area contributed by atoms with Crippen molar-refractivity contribution in [1.29, 1.82) is 0 Å². The molecule has 130 valence electrons. The van der Waals surface area contributed by atoms with Crippen molar-refractivity contribution in [3.63, 3.8) is 0 Å². The minimum atomic E-state index is -0.397. The molecule has 5 nitrogen and oxygen atoms in total.